The van der Waals surface area contributed by atoms with Gasteiger partial charge in [0.25, 0.3) is 0 Å². The molecular weight excluding hydrogens is 202 g/mol. The third kappa shape index (κ3) is 1.98. The van der Waals surface area contributed by atoms with Gasteiger partial charge in [0.1, 0.15) is 5.52 Å². The molecule has 1 aromatic carbocycles. The molecule has 0 aliphatic carbocycles. The van der Waals surface area contributed by atoms with E-state index in [1.165, 1.54) is 0 Å². The van der Waals surface area contributed by atoms with Crippen molar-refractivity contribution in [1.82, 2.24) is 4.98 Å². The Hall–Kier alpha value is -1.64. The van der Waals surface area contributed by atoms with Gasteiger partial charge < -0.3 is 4.42 Å². The zero-order chi connectivity index (χ0) is 11.5. The fourth-order valence-electron chi connectivity index (χ4n) is 1.71. The molecule has 16 heavy (non-hydrogen) atoms. The minimum atomic E-state index is 0.0286. The van der Waals surface area contributed by atoms with Crippen LogP contribution in [0.15, 0.2) is 22.6 Å². The molecule has 0 bridgehead atoms. The van der Waals surface area contributed by atoms with Gasteiger partial charge in [0, 0.05) is 12.0 Å². The maximum Gasteiger partial charge on any atom is 0.195 e. The first-order valence-corrected chi connectivity index (χ1v) is 5.61. The highest BCUT2D eigenvalue weighted by molar-refractivity contribution is 6.04. The van der Waals surface area contributed by atoms with Crippen molar-refractivity contribution in [3.05, 3.63) is 29.7 Å². The Labute approximate surface area is 94.5 Å². The molecule has 0 radical (unpaired) electrons. The Morgan fingerprint density at radius 2 is 2.25 bits per heavy atom. The molecule has 0 amide bonds. The SMILES string of the molecule is CCCCc1nc2c(C(C)=O)cccc2o1. The van der Waals surface area contributed by atoms with Crippen LogP contribution in [-0.2, 0) is 6.42 Å². The molecule has 0 atom stereocenters. The van der Waals surface area contributed by atoms with Crippen molar-refractivity contribution < 1.29 is 9.21 Å². The highest BCUT2D eigenvalue weighted by atomic mass is 16.3. The number of para-hydroxylation sites is 1. The van der Waals surface area contributed by atoms with E-state index >= 15 is 0 Å². The van der Waals surface area contributed by atoms with E-state index in [1.807, 2.05) is 12.1 Å². The van der Waals surface area contributed by atoms with Gasteiger partial charge in [-0.15, -0.1) is 0 Å². The van der Waals surface area contributed by atoms with Gasteiger partial charge in [-0.3, -0.25) is 4.79 Å². The molecular formula is C13H15NO2. The molecule has 0 fully saturated rings. The summed E-state index contributed by atoms with van der Waals surface area (Å²) in [6, 6.07) is 5.47. The first kappa shape index (κ1) is 10.9. The van der Waals surface area contributed by atoms with Gasteiger partial charge in [0.05, 0.1) is 0 Å². The fraction of sp³-hybridized carbons (Fsp3) is 0.385. The Morgan fingerprint density at radius 3 is 2.94 bits per heavy atom. The Morgan fingerprint density at radius 1 is 1.44 bits per heavy atom. The topological polar surface area (TPSA) is 43.1 Å². The number of ketones is 1. The highest BCUT2D eigenvalue weighted by Crippen LogP contribution is 2.20. The van der Waals surface area contributed by atoms with Crippen molar-refractivity contribution in [1.29, 1.82) is 0 Å². The lowest BCUT2D eigenvalue weighted by Gasteiger charge is -1.93. The van der Waals surface area contributed by atoms with Crippen molar-refractivity contribution in [3.8, 4) is 0 Å². The molecule has 0 N–H and O–H groups in total. The third-order valence-corrected chi connectivity index (χ3v) is 2.59. The van der Waals surface area contributed by atoms with E-state index in [-0.39, 0.29) is 5.78 Å². The van der Waals surface area contributed by atoms with E-state index in [9.17, 15) is 4.79 Å². The largest absolute Gasteiger partial charge is 0.441 e. The number of rotatable bonds is 4. The number of unbranched alkanes of at least 4 members (excludes halogenated alkanes) is 1. The third-order valence-electron chi connectivity index (χ3n) is 2.59. The molecule has 0 aliphatic heterocycles. The molecule has 0 saturated heterocycles. The zero-order valence-electron chi connectivity index (χ0n) is 9.62. The molecule has 1 aromatic heterocycles. The Kier molecular flexibility index (Phi) is 3.04. The first-order chi connectivity index (χ1) is 7.72. The van der Waals surface area contributed by atoms with Crippen molar-refractivity contribution in [2.75, 3.05) is 0 Å². The number of nitrogens with zero attached hydrogens (tertiary/aromatic N) is 1. The van der Waals surface area contributed by atoms with Crippen molar-refractivity contribution >= 4 is 16.9 Å². The maximum absolute atomic E-state index is 11.4. The van der Waals surface area contributed by atoms with Gasteiger partial charge >= 0.3 is 0 Å². The van der Waals surface area contributed by atoms with Gasteiger partial charge in [-0.05, 0) is 25.5 Å². The minimum absolute atomic E-state index is 0.0286. The molecule has 0 spiro atoms. The molecule has 2 rings (SSSR count). The van der Waals surface area contributed by atoms with Gasteiger partial charge in [-0.25, -0.2) is 4.98 Å². The Bertz CT molecular complexity index is 514. The van der Waals surface area contributed by atoms with Crippen LogP contribution in [0.4, 0.5) is 0 Å². The van der Waals surface area contributed by atoms with Gasteiger partial charge in [-0.1, -0.05) is 19.4 Å². The van der Waals surface area contributed by atoms with Gasteiger partial charge in [0.2, 0.25) is 0 Å². The van der Waals surface area contributed by atoms with Crippen LogP contribution in [0.3, 0.4) is 0 Å². The van der Waals surface area contributed by atoms with E-state index in [1.54, 1.807) is 13.0 Å². The van der Waals surface area contributed by atoms with Crippen LogP contribution in [0.25, 0.3) is 11.1 Å². The van der Waals surface area contributed by atoms with E-state index < -0.39 is 0 Å². The van der Waals surface area contributed by atoms with Crippen LogP contribution in [0.2, 0.25) is 0 Å². The van der Waals surface area contributed by atoms with E-state index in [0.717, 1.165) is 25.2 Å². The molecule has 1 heterocycles. The lowest BCUT2D eigenvalue weighted by Crippen LogP contribution is -1.93. The maximum atomic E-state index is 11.4. The average Bonchev–Trinajstić information content (AvgIpc) is 2.68. The summed E-state index contributed by atoms with van der Waals surface area (Å²) in [6.45, 7) is 3.68. The number of aromatic nitrogens is 1. The second kappa shape index (κ2) is 4.47. The van der Waals surface area contributed by atoms with Crippen LogP contribution in [0.1, 0.15) is 42.9 Å². The second-order valence-electron chi connectivity index (χ2n) is 3.92. The predicted octanol–water partition coefficient (Wildman–Crippen LogP) is 3.37. The average molecular weight is 217 g/mol. The number of hydrogen-bond acceptors (Lipinski definition) is 3. The summed E-state index contributed by atoms with van der Waals surface area (Å²) in [5, 5.41) is 0. The smallest absolute Gasteiger partial charge is 0.195 e. The number of benzene rings is 1. The second-order valence-corrected chi connectivity index (χ2v) is 3.92. The molecule has 0 saturated carbocycles. The monoisotopic (exact) mass is 217 g/mol. The first-order valence-electron chi connectivity index (χ1n) is 5.61. The number of hydrogen-bond donors (Lipinski definition) is 0. The van der Waals surface area contributed by atoms with Crippen LogP contribution in [-0.4, -0.2) is 10.8 Å². The van der Waals surface area contributed by atoms with Crippen molar-refractivity contribution in [2.24, 2.45) is 0 Å². The summed E-state index contributed by atoms with van der Waals surface area (Å²) in [6.07, 6.45) is 3.00. The lowest BCUT2D eigenvalue weighted by atomic mass is 10.1. The molecule has 84 valence electrons. The molecule has 2 aromatic rings. The van der Waals surface area contributed by atoms with Crippen molar-refractivity contribution in [2.45, 2.75) is 33.1 Å². The predicted molar refractivity (Wildman–Crippen MR) is 62.6 cm³/mol. The molecule has 3 nitrogen and oxygen atoms in total. The number of carbonyl (C=O) groups excluding carboxylic acids is 1. The van der Waals surface area contributed by atoms with E-state index in [0.29, 0.717) is 16.7 Å². The van der Waals surface area contributed by atoms with E-state index in [4.69, 9.17) is 4.42 Å². The van der Waals surface area contributed by atoms with Crippen molar-refractivity contribution in [3.63, 3.8) is 0 Å². The lowest BCUT2D eigenvalue weighted by molar-refractivity contribution is 0.101. The number of carbonyl (C=O) groups is 1. The zero-order valence-corrected chi connectivity index (χ0v) is 9.62. The highest BCUT2D eigenvalue weighted by Gasteiger charge is 2.11. The standard InChI is InChI=1S/C13H15NO2/c1-3-4-8-12-14-13-10(9(2)15)6-5-7-11(13)16-12/h5-7H,3-4,8H2,1-2H3. The fourth-order valence-corrected chi connectivity index (χ4v) is 1.71. The molecule has 3 heteroatoms. The number of fused-ring (bicyclic) bond motifs is 1. The normalized spacial score (nSPS) is 10.9. The minimum Gasteiger partial charge on any atom is -0.441 e. The number of Topliss-reactive ketones (excluding diaryl/α,β-unsaturated/α-hetero) is 1. The van der Waals surface area contributed by atoms with Crippen LogP contribution in [0, 0.1) is 0 Å². The van der Waals surface area contributed by atoms with Gasteiger partial charge in [0.15, 0.2) is 17.3 Å². The van der Waals surface area contributed by atoms with Crippen LogP contribution < -0.4 is 0 Å². The summed E-state index contributed by atoms with van der Waals surface area (Å²) in [4.78, 5) is 15.8. The summed E-state index contributed by atoms with van der Waals surface area (Å²) in [7, 11) is 0. The van der Waals surface area contributed by atoms with Gasteiger partial charge in [-0.2, -0.15) is 0 Å². The number of aryl methyl sites for hydroxylation is 1. The summed E-state index contributed by atoms with van der Waals surface area (Å²) >= 11 is 0. The molecule has 0 aliphatic rings. The van der Waals surface area contributed by atoms with Crippen LogP contribution >= 0.6 is 0 Å². The summed E-state index contributed by atoms with van der Waals surface area (Å²) < 4.78 is 5.60. The summed E-state index contributed by atoms with van der Waals surface area (Å²) in [5.41, 5.74) is 2.05. The summed E-state index contributed by atoms with van der Waals surface area (Å²) in [5.74, 6) is 0.756. The number of oxazole rings is 1. The van der Waals surface area contributed by atoms with Crippen LogP contribution in [0.5, 0.6) is 0 Å². The quantitative estimate of drug-likeness (QED) is 0.737. The Balaban J connectivity index is 2.44. The molecule has 0 unspecified atom stereocenters. The van der Waals surface area contributed by atoms with E-state index in [2.05, 4.69) is 11.9 Å².